The van der Waals surface area contributed by atoms with Crippen molar-refractivity contribution in [2.24, 2.45) is 11.5 Å². The number of carbonyl (C=O) groups excluding carboxylic acids is 2. The Balaban J connectivity index is 3.40. The molecule has 0 aliphatic rings. The molecule has 0 fully saturated rings. The molecular weight excluding hydrogens is 196 g/mol. The van der Waals surface area contributed by atoms with Gasteiger partial charge in [-0.25, -0.2) is 4.79 Å². The van der Waals surface area contributed by atoms with Crippen LogP contribution in [0.5, 0.6) is 0 Å². The molecule has 0 heterocycles. The van der Waals surface area contributed by atoms with Crippen molar-refractivity contribution in [3.8, 4) is 0 Å². The molecule has 0 spiro atoms. The Kier molecular flexibility index (Phi) is 3.41. The summed E-state index contributed by atoms with van der Waals surface area (Å²) < 4.78 is 4.57. The molecule has 0 aliphatic heterocycles. The number of hydrogen-bond donors (Lipinski definition) is 2. The lowest BCUT2D eigenvalue weighted by molar-refractivity contribution is 0.0595. The molecule has 5 nitrogen and oxygen atoms in total. The maximum absolute atomic E-state index is 11.4. The summed E-state index contributed by atoms with van der Waals surface area (Å²) >= 11 is 0. The lowest BCUT2D eigenvalue weighted by Crippen LogP contribution is -2.19. The summed E-state index contributed by atoms with van der Waals surface area (Å²) in [5, 5.41) is 0. The Labute approximate surface area is 87.0 Å². The van der Waals surface area contributed by atoms with Crippen molar-refractivity contribution >= 4 is 11.9 Å². The number of benzene rings is 1. The van der Waals surface area contributed by atoms with Crippen molar-refractivity contribution in [3.05, 3.63) is 34.9 Å². The molecule has 80 valence electrons. The van der Waals surface area contributed by atoms with E-state index >= 15 is 0 Å². The van der Waals surface area contributed by atoms with Gasteiger partial charge >= 0.3 is 5.97 Å². The predicted octanol–water partition coefficient (Wildman–Crippen LogP) is 0.0308. The molecule has 1 aromatic carbocycles. The zero-order valence-corrected chi connectivity index (χ0v) is 8.32. The number of hydrogen-bond acceptors (Lipinski definition) is 4. The smallest absolute Gasteiger partial charge is 0.338 e. The number of rotatable bonds is 3. The molecule has 4 N–H and O–H groups in total. The summed E-state index contributed by atoms with van der Waals surface area (Å²) in [7, 11) is 1.24. The fraction of sp³-hybridized carbons (Fsp3) is 0.200. The number of ether oxygens (including phenoxy) is 1. The van der Waals surface area contributed by atoms with Crippen molar-refractivity contribution in [2.75, 3.05) is 7.11 Å². The van der Waals surface area contributed by atoms with Crippen molar-refractivity contribution in [3.63, 3.8) is 0 Å². The Morgan fingerprint density at radius 3 is 2.53 bits per heavy atom. The largest absolute Gasteiger partial charge is 0.465 e. The van der Waals surface area contributed by atoms with Crippen LogP contribution in [0.15, 0.2) is 18.2 Å². The number of nitrogens with two attached hydrogens (primary N) is 2. The van der Waals surface area contributed by atoms with Crippen molar-refractivity contribution in [1.82, 2.24) is 0 Å². The van der Waals surface area contributed by atoms with Crippen molar-refractivity contribution in [2.45, 2.75) is 6.54 Å². The van der Waals surface area contributed by atoms with E-state index in [1.165, 1.54) is 13.2 Å². The molecule has 0 radical (unpaired) electrons. The van der Waals surface area contributed by atoms with Crippen LogP contribution >= 0.6 is 0 Å². The van der Waals surface area contributed by atoms with Gasteiger partial charge in [0.2, 0.25) is 5.91 Å². The summed E-state index contributed by atoms with van der Waals surface area (Å²) in [5.74, 6) is -1.28. The van der Waals surface area contributed by atoms with Gasteiger partial charge in [0, 0.05) is 6.54 Å². The molecule has 0 saturated heterocycles. The van der Waals surface area contributed by atoms with E-state index in [0.717, 1.165) is 0 Å². The average molecular weight is 208 g/mol. The van der Waals surface area contributed by atoms with Crippen LogP contribution < -0.4 is 11.5 Å². The van der Waals surface area contributed by atoms with Crippen LogP contribution in [-0.2, 0) is 11.3 Å². The molecule has 0 saturated carbocycles. The Morgan fingerprint density at radius 2 is 2.07 bits per heavy atom. The molecule has 0 aliphatic carbocycles. The predicted molar refractivity (Wildman–Crippen MR) is 54.2 cm³/mol. The van der Waals surface area contributed by atoms with Crippen molar-refractivity contribution in [1.29, 1.82) is 0 Å². The second-order valence-electron chi connectivity index (χ2n) is 2.90. The lowest BCUT2D eigenvalue weighted by Gasteiger charge is -2.09. The molecule has 1 aromatic rings. The van der Waals surface area contributed by atoms with E-state index in [0.29, 0.717) is 5.56 Å². The molecule has 0 unspecified atom stereocenters. The fourth-order valence-electron chi connectivity index (χ4n) is 1.32. The molecule has 1 rings (SSSR count). The maximum atomic E-state index is 11.4. The number of methoxy groups -OCH3 is 1. The van der Waals surface area contributed by atoms with Crippen LogP contribution in [0.2, 0.25) is 0 Å². The van der Waals surface area contributed by atoms with E-state index in [9.17, 15) is 9.59 Å². The minimum atomic E-state index is -0.675. The highest BCUT2D eigenvalue weighted by molar-refractivity contribution is 6.05. The van der Waals surface area contributed by atoms with Gasteiger partial charge in [-0.15, -0.1) is 0 Å². The molecule has 5 heteroatoms. The minimum Gasteiger partial charge on any atom is -0.465 e. The molecule has 1 amide bonds. The second kappa shape index (κ2) is 4.56. The second-order valence-corrected chi connectivity index (χ2v) is 2.90. The third-order valence-electron chi connectivity index (χ3n) is 2.03. The van der Waals surface area contributed by atoms with Crippen LogP contribution in [0.3, 0.4) is 0 Å². The summed E-state index contributed by atoms with van der Waals surface area (Å²) in [6.07, 6.45) is 0. The maximum Gasteiger partial charge on any atom is 0.338 e. The van der Waals surface area contributed by atoms with E-state index in [1.807, 2.05) is 0 Å². The average Bonchev–Trinajstić information content (AvgIpc) is 2.26. The standard InChI is InChI=1S/C10H12N2O3/c1-15-10(14)8-6(5-11)3-2-4-7(8)9(12)13/h2-4H,5,11H2,1H3,(H2,12,13). The van der Waals surface area contributed by atoms with Crippen LogP contribution in [0, 0.1) is 0 Å². The van der Waals surface area contributed by atoms with E-state index < -0.39 is 11.9 Å². The molecular formula is C10H12N2O3. The van der Waals surface area contributed by atoms with Gasteiger partial charge in [-0.2, -0.15) is 0 Å². The lowest BCUT2D eigenvalue weighted by atomic mass is 10.0. The zero-order valence-electron chi connectivity index (χ0n) is 8.32. The summed E-state index contributed by atoms with van der Waals surface area (Å²) in [4.78, 5) is 22.5. The normalized spacial score (nSPS) is 9.73. The molecule has 15 heavy (non-hydrogen) atoms. The van der Waals surface area contributed by atoms with E-state index in [4.69, 9.17) is 11.5 Å². The van der Waals surface area contributed by atoms with E-state index in [1.54, 1.807) is 12.1 Å². The summed E-state index contributed by atoms with van der Waals surface area (Å²) in [6.45, 7) is 0.144. The van der Waals surface area contributed by atoms with Gasteiger partial charge in [-0.1, -0.05) is 12.1 Å². The number of amides is 1. The van der Waals surface area contributed by atoms with Gasteiger partial charge in [-0.3, -0.25) is 4.79 Å². The third-order valence-corrected chi connectivity index (χ3v) is 2.03. The monoisotopic (exact) mass is 208 g/mol. The minimum absolute atomic E-state index is 0.129. The SMILES string of the molecule is COC(=O)c1c(CN)cccc1C(N)=O. The summed E-state index contributed by atoms with van der Waals surface area (Å²) in [5.41, 5.74) is 11.4. The van der Waals surface area contributed by atoms with Gasteiger partial charge in [0.1, 0.15) is 0 Å². The Bertz CT molecular complexity index is 402. The highest BCUT2D eigenvalue weighted by Gasteiger charge is 2.18. The van der Waals surface area contributed by atoms with Gasteiger partial charge in [-0.05, 0) is 11.6 Å². The first kappa shape index (κ1) is 11.2. The number of carbonyl (C=O) groups is 2. The van der Waals surface area contributed by atoms with E-state index in [2.05, 4.69) is 4.74 Å². The first-order valence-corrected chi connectivity index (χ1v) is 4.32. The molecule has 0 atom stereocenters. The van der Waals surface area contributed by atoms with Gasteiger partial charge < -0.3 is 16.2 Å². The van der Waals surface area contributed by atoms with Crippen LogP contribution in [0.1, 0.15) is 26.3 Å². The zero-order chi connectivity index (χ0) is 11.4. The summed E-state index contributed by atoms with van der Waals surface area (Å²) in [6, 6.07) is 4.74. The Hall–Kier alpha value is -1.88. The Morgan fingerprint density at radius 1 is 1.40 bits per heavy atom. The molecule has 0 aromatic heterocycles. The van der Waals surface area contributed by atoms with Crippen LogP contribution in [0.25, 0.3) is 0 Å². The number of esters is 1. The van der Waals surface area contributed by atoms with E-state index in [-0.39, 0.29) is 17.7 Å². The van der Waals surface area contributed by atoms with Gasteiger partial charge in [0.05, 0.1) is 18.2 Å². The number of primary amides is 1. The highest BCUT2D eigenvalue weighted by Crippen LogP contribution is 2.15. The first-order valence-electron chi connectivity index (χ1n) is 4.32. The first-order chi connectivity index (χ1) is 7.11. The van der Waals surface area contributed by atoms with Crippen LogP contribution in [0.4, 0.5) is 0 Å². The third kappa shape index (κ3) is 2.13. The molecule has 0 bridgehead atoms. The van der Waals surface area contributed by atoms with Gasteiger partial charge in [0.25, 0.3) is 0 Å². The van der Waals surface area contributed by atoms with Crippen molar-refractivity contribution < 1.29 is 14.3 Å². The van der Waals surface area contributed by atoms with Gasteiger partial charge in [0.15, 0.2) is 0 Å². The van der Waals surface area contributed by atoms with Crippen LogP contribution in [-0.4, -0.2) is 19.0 Å². The fourth-order valence-corrected chi connectivity index (χ4v) is 1.32. The highest BCUT2D eigenvalue weighted by atomic mass is 16.5. The topological polar surface area (TPSA) is 95.4 Å². The quantitative estimate of drug-likeness (QED) is 0.685.